The maximum atomic E-state index is 12.6. The molecule has 10 nitrogen and oxygen atoms in total. The van der Waals surface area contributed by atoms with Crippen LogP contribution in [0.1, 0.15) is 24.5 Å². The minimum absolute atomic E-state index is 0.0343. The number of hydrogen-bond acceptors (Lipinski definition) is 6. The number of carbonyl (C=O) groups is 3. The highest BCUT2D eigenvalue weighted by molar-refractivity contribution is 5.92. The number of nitrogens with zero attached hydrogens (tertiary/aromatic N) is 1. The molecular formula is C22H27N5O5. The first-order valence-electron chi connectivity index (χ1n) is 9.92. The third-order valence-electron chi connectivity index (χ3n) is 4.36. The van der Waals surface area contributed by atoms with Gasteiger partial charge in [0.15, 0.2) is 0 Å². The molecule has 10 heteroatoms. The van der Waals surface area contributed by atoms with E-state index in [1.165, 1.54) is 5.01 Å². The van der Waals surface area contributed by atoms with Crippen LogP contribution in [0.25, 0.3) is 0 Å². The smallest absolute Gasteiger partial charge is 0.270 e. The topological polar surface area (TPSA) is 162 Å². The van der Waals surface area contributed by atoms with Crippen molar-refractivity contribution in [1.82, 2.24) is 10.3 Å². The Morgan fingerprint density at radius 1 is 1.19 bits per heavy atom. The van der Waals surface area contributed by atoms with Crippen molar-refractivity contribution in [1.29, 1.82) is 0 Å². The number of nitrogens with one attached hydrogen (secondary N) is 2. The van der Waals surface area contributed by atoms with Gasteiger partial charge in [-0.2, -0.15) is 0 Å². The van der Waals surface area contributed by atoms with Gasteiger partial charge in [0.1, 0.15) is 6.10 Å². The normalized spacial score (nSPS) is 15.2. The molecule has 6 N–H and O–H groups in total. The highest BCUT2D eigenvalue weighted by Gasteiger charge is 2.31. The van der Waals surface area contributed by atoms with E-state index >= 15 is 0 Å². The number of ether oxygens (including phenoxy) is 1. The molecule has 3 rings (SSSR count). The third-order valence-corrected chi connectivity index (χ3v) is 4.36. The van der Waals surface area contributed by atoms with E-state index in [9.17, 15) is 9.59 Å². The second-order valence-corrected chi connectivity index (χ2v) is 6.95. The molecule has 1 aliphatic rings. The minimum Gasteiger partial charge on any atom is -0.550 e. The van der Waals surface area contributed by atoms with Crippen LogP contribution in [0.5, 0.6) is 0 Å². The Labute approximate surface area is 185 Å². The van der Waals surface area contributed by atoms with Crippen LogP contribution in [-0.2, 0) is 25.7 Å². The molecule has 0 aromatic heterocycles. The van der Waals surface area contributed by atoms with Crippen molar-refractivity contribution in [2.24, 2.45) is 5.73 Å². The Kier molecular flexibility index (Phi) is 9.18. The van der Waals surface area contributed by atoms with Crippen LogP contribution >= 0.6 is 0 Å². The number of amides is 2. The van der Waals surface area contributed by atoms with Crippen molar-refractivity contribution >= 4 is 29.3 Å². The molecule has 2 aromatic carbocycles. The molecule has 0 spiro atoms. The molecule has 1 atom stereocenters. The molecule has 2 amide bonds. The molecule has 1 saturated heterocycles. The summed E-state index contributed by atoms with van der Waals surface area (Å²) in [5, 5.41) is 18.7. The lowest BCUT2D eigenvalue weighted by Gasteiger charge is -2.32. The second kappa shape index (κ2) is 12.1. The summed E-state index contributed by atoms with van der Waals surface area (Å²) >= 11 is 0. The van der Waals surface area contributed by atoms with Crippen LogP contribution < -0.4 is 27.0 Å². The highest BCUT2D eigenvalue weighted by Crippen LogP contribution is 2.14. The molecule has 0 bridgehead atoms. The predicted molar refractivity (Wildman–Crippen MR) is 115 cm³/mol. The molecule has 1 unspecified atom stereocenters. The first kappa shape index (κ1) is 24.4. The molecule has 0 aliphatic carbocycles. The number of morpholine rings is 1. The van der Waals surface area contributed by atoms with Gasteiger partial charge in [0.2, 0.25) is 5.91 Å². The molecule has 1 aliphatic heterocycles. The van der Waals surface area contributed by atoms with E-state index in [1.807, 2.05) is 42.5 Å². The summed E-state index contributed by atoms with van der Waals surface area (Å²) in [7, 11) is 0. The van der Waals surface area contributed by atoms with Gasteiger partial charge in [0, 0.05) is 12.5 Å². The van der Waals surface area contributed by atoms with Crippen molar-refractivity contribution in [2.75, 3.05) is 18.6 Å². The number of hydrazine groups is 1. The third kappa shape index (κ3) is 8.07. The van der Waals surface area contributed by atoms with E-state index in [0.717, 1.165) is 23.7 Å². The monoisotopic (exact) mass is 441 g/mol. The number of anilines is 1. The molecule has 32 heavy (non-hydrogen) atoms. The number of aliphatic carboxylic acids is 1. The van der Waals surface area contributed by atoms with Crippen molar-refractivity contribution in [3.05, 3.63) is 65.7 Å². The second-order valence-electron chi connectivity index (χ2n) is 6.95. The standard InChI is InChI=1S/C20H23N5O3.C2H4O2/c21-19(22)15-8-6-14(7-9-15)13-23-18(26)12-17-20(27)25(10-11-28-17)24-16-4-2-1-3-5-16;1-2(3)4/h1-9,17,24H,10-13H2,(H3,21,22)(H,23,26);1H3,(H,3,4). The van der Waals surface area contributed by atoms with Crippen LogP contribution in [0.2, 0.25) is 0 Å². The summed E-state index contributed by atoms with van der Waals surface area (Å²) in [5.41, 5.74) is 11.0. The summed E-state index contributed by atoms with van der Waals surface area (Å²) < 4.78 is 5.50. The van der Waals surface area contributed by atoms with Crippen molar-refractivity contribution in [3.63, 3.8) is 0 Å². The first-order valence-corrected chi connectivity index (χ1v) is 9.92. The van der Waals surface area contributed by atoms with E-state index in [2.05, 4.69) is 10.7 Å². The van der Waals surface area contributed by atoms with Gasteiger partial charge in [0.05, 0.1) is 30.8 Å². The first-order chi connectivity index (χ1) is 15.3. The average Bonchev–Trinajstić information content (AvgIpc) is 2.76. The number of nitrogens with two attached hydrogens (primary N) is 2. The zero-order valence-corrected chi connectivity index (χ0v) is 17.7. The molecule has 0 radical (unpaired) electrons. The number of carbonyl (C=O) groups excluding carboxylic acids is 3. The summed E-state index contributed by atoms with van der Waals surface area (Å²) in [4.78, 5) is 33.7. The zero-order chi connectivity index (χ0) is 23.5. The lowest BCUT2D eigenvalue weighted by atomic mass is 10.1. The van der Waals surface area contributed by atoms with Gasteiger partial charge in [-0.15, -0.1) is 0 Å². The summed E-state index contributed by atoms with van der Waals surface area (Å²) in [5.74, 6) is -1.35. The highest BCUT2D eigenvalue weighted by atomic mass is 16.5. The van der Waals surface area contributed by atoms with E-state index in [4.69, 9.17) is 25.8 Å². The van der Waals surface area contributed by atoms with Crippen molar-refractivity contribution in [2.45, 2.75) is 26.0 Å². The molecule has 1 heterocycles. The Bertz CT molecular complexity index is 929. The maximum absolute atomic E-state index is 12.6. The Hall–Kier alpha value is -3.92. The fourth-order valence-electron chi connectivity index (χ4n) is 2.82. The van der Waals surface area contributed by atoms with E-state index < -0.39 is 12.1 Å². The fourth-order valence-corrected chi connectivity index (χ4v) is 2.82. The minimum atomic E-state index is -1.08. The average molecular weight is 441 g/mol. The fraction of sp³-hybridized carbons (Fsp3) is 0.273. The Morgan fingerprint density at radius 3 is 2.41 bits per heavy atom. The SMILES string of the molecule is CC(=O)[O-].NC(=[NH2+])c1ccc(CNC(=O)CC2OCCN(Nc3ccccc3)C2=O)cc1. The Morgan fingerprint density at radius 2 is 1.81 bits per heavy atom. The van der Waals surface area contributed by atoms with Gasteiger partial charge < -0.3 is 20.0 Å². The summed E-state index contributed by atoms with van der Waals surface area (Å²) in [6.07, 6.45) is -0.841. The number of amidine groups is 1. The van der Waals surface area contributed by atoms with Gasteiger partial charge in [-0.05, 0) is 36.8 Å². The number of benzene rings is 2. The Balaban J connectivity index is 0.000000837. The largest absolute Gasteiger partial charge is 0.550 e. The van der Waals surface area contributed by atoms with Gasteiger partial charge in [-0.1, -0.05) is 30.3 Å². The number of para-hydroxylation sites is 1. The number of carboxylic acid groups (broad SMARTS) is 1. The van der Waals surface area contributed by atoms with E-state index in [1.54, 1.807) is 12.1 Å². The molecule has 1 fully saturated rings. The lowest BCUT2D eigenvalue weighted by molar-refractivity contribution is -0.302. The van der Waals surface area contributed by atoms with Crippen molar-refractivity contribution in [3.8, 4) is 0 Å². The maximum Gasteiger partial charge on any atom is 0.270 e. The molecule has 170 valence electrons. The predicted octanol–water partition coefficient (Wildman–Crippen LogP) is -1.83. The van der Waals surface area contributed by atoms with Crippen LogP contribution in [0, 0.1) is 0 Å². The van der Waals surface area contributed by atoms with Crippen LogP contribution in [0.3, 0.4) is 0 Å². The summed E-state index contributed by atoms with van der Waals surface area (Å²) in [6.45, 7) is 2.10. The molecule has 2 aromatic rings. The number of carboxylic acids is 1. The lowest BCUT2D eigenvalue weighted by Crippen LogP contribution is -2.51. The van der Waals surface area contributed by atoms with Gasteiger partial charge in [0.25, 0.3) is 11.7 Å². The van der Waals surface area contributed by atoms with E-state index in [-0.39, 0.29) is 24.1 Å². The summed E-state index contributed by atoms with van der Waals surface area (Å²) in [6, 6.07) is 16.6. The zero-order valence-electron chi connectivity index (χ0n) is 17.7. The van der Waals surface area contributed by atoms with Crippen LogP contribution in [-0.4, -0.2) is 47.9 Å². The van der Waals surface area contributed by atoms with Crippen molar-refractivity contribution < 1.29 is 29.6 Å². The van der Waals surface area contributed by atoms with Crippen LogP contribution in [0.4, 0.5) is 5.69 Å². The van der Waals surface area contributed by atoms with Gasteiger partial charge in [-0.3, -0.25) is 31.2 Å². The quantitative estimate of drug-likeness (QED) is 0.290. The van der Waals surface area contributed by atoms with Crippen LogP contribution in [0.15, 0.2) is 54.6 Å². The number of hydrogen-bond donors (Lipinski definition) is 4. The number of rotatable bonds is 7. The van der Waals surface area contributed by atoms with Gasteiger partial charge in [-0.25, -0.2) is 0 Å². The molecule has 0 saturated carbocycles. The van der Waals surface area contributed by atoms with E-state index in [0.29, 0.717) is 19.7 Å². The van der Waals surface area contributed by atoms with Gasteiger partial charge >= 0.3 is 0 Å². The molecular weight excluding hydrogens is 414 g/mol.